The molecule has 0 saturated heterocycles. The molecule has 0 spiro atoms. The predicted octanol–water partition coefficient (Wildman–Crippen LogP) is 2.77. The number of carbonyl (C=O) groups is 2. The molecule has 3 rings (SSSR count). The number of hydrazone groups is 1. The van der Waals surface area contributed by atoms with Gasteiger partial charge < -0.3 is 14.2 Å². The Morgan fingerprint density at radius 3 is 2.55 bits per heavy atom. The molecule has 1 aliphatic rings. The highest BCUT2D eigenvalue weighted by Gasteiger charge is 2.34. The van der Waals surface area contributed by atoms with E-state index in [0.29, 0.717) is 11.1 Å². The first kappa shape index (κ1) is 19.8. The molecule has 2 aromatic carbocycles. The summed E-state index contributed by atoms with van der Waals surface area (Å²) in [4.78, 5) is 33.8. The number of nitro groups is 1. The van der Waals surface area contributed by atoms with Crippen LogP contribution in [0.1, 0.15) is 31.2 Å². The average molecular weight is 399 g/mol. The van der Waals surface area contributed by atoms with Gasteiger partial charge in [0, 0.05) is 37.1 Å². The Kier molecular flexibility index (Phi) is 5.44. The lowest BCUT2D eigenvalue weighted by Gasteiger charge is -2.20. The first-order valence-electron chi connectivity index (χ1n) is 8.46. The van der Waals surface area contributed by atoms with Crippen LogP contribution < -0.4 is 9.47 Å². The van der Waals surface area contributed by atoms with E-state index in [9.17, 15) is 19.7 Å². The van der Waals surface area contributed by atoms with Crippen LogP contribution in [0, 0.1) is 10.1 Å². The maximum atomic E-state index is 12.1. The standard InChI is InChI=1S/C19H17N3O7/c1-11(23)21-19(14-7-8-16(28-12(2)24)17(10-14)27-3)29-18(20-21)13-5-4-6-15(9-13)22(25)26/h4-10,19H,1-3H3. The largest absolute Gasteiger partial charge is 0.493 e. The number of rotatable bonds is 5. The molecule has 1 unspecified atom stereocenters. The Morgan fingerprint density at radius 1 is 1.17 bits per heavy atom. The molecule has 1 amide bonds. The molecular formula is C19H17N3O7. The van der Waals surface area contributed by atoms with Crippen LogP contribution in [0.5, 0.6) is 11.5 Å². The van der Waals surface area contributed by atoms with Crippen LogP contribution in [0.15, 0.2) is 47.6 Å². The van der Waals surface area contributed by atoms with Crippen molar-refractivity contribution >= 4 is 23.5 Å². The summed E-state index contributed by atoms with van der Waals surface area (Å²) >= 11 is 0. The molecule has 0 saturated carbocycles. The Morgan fingerprint density at radius 2 is 1.93 bits per heavy atom. The first-order chi connectivity index (χ1) is 13.8. The van der Waals surface area contributed by atoms with Crippen molar-refractivity contribution in [3.8, 4) is 11.5 Å². The molecule has 2 aromatic rings. The zero-order valence-electron chi connectivity index (χ0n) is 15.8. The molecule has 0 radical (unpaired) electrons. The number of benzene rings is 2. The van der Waals surface area contributed by atoms with Crippen LogP contribution >= 0.6 is 0 Å². The molecule has 1 heterocycles. The van der Waals surface area contributed by atoms with Crippen molar-refractivity contribution < 1.29 is 28.7 Å². The molecule has 10 nitrogen and oxygen atoms in total. The number of hydrogen-bond acceptors (Lipinski definition) is 8. The Labute approximate surface area is 165 Å². The number of nitrogens with zero attached hydrogens (tertiary/aromatic N) is 3. The van der Waals surface area contributed by atoms with Crippen LogP contribution in [-0.4, -0.2) is 34.8 Å². The van der Waals surface area contributed by atoms with Gasteiger partial charge in [-0.2, -0.15) is 5.01 Å². The quantitative estimate of drug-likeness (QED) is 0.328. The maximum Gasteiger partial charge on any atom is 0.308 e. The van der Waals surface area contributed by atoms with Gasteiger partial charge in [0.1, 0.15) is 0 Å². The number of ether oxygens (including phenoxy) is 3. The molecular weight excluding hydrogens is 382 g/mol. The zero-order chi connectivity index (χ0) is 21.1. The van der Waals surface area contributed by atoms with E-state index in [1.165, 1.54) is 45.2 Å². The van der Waals surface area contributed by atoms with E-state index in [-0.39, 0.29) is 23.1 Å². The maximum absolute atomic E-state index is 12.1. The van der Waals surface area contributed by atoms with Crippen molar-refractivity contribution in [1.82, 2.24) is 5.01 Å². The van der Waals surface area contributed by atoms with Crippen molar-refractivity contribution in [3.63, 3.8) is 0 Å². The van der Waals surface area contributed by atoms with E-state index in [0.717, 1.165) is 5.01 Å². The minimum absolute atomic E-state index is 0.0666. The summed E-state index contributed by atoms with van der Waals surface area (Å²) in [6, 6.07) is 10.4. The van der Waals surface area contributed by atoms with Gasteiger partial charge in [0.05, 0.1) is 12.0 Å². The van der Waals surface area contributed by atoms with E-state index in [1.54, 1.807) is 18.2 Å². The smallest absolute Gasteiger partial charge is 0.308 e. The van der Waals surface area contributed by atoms with E-state index in [4.69, 9.17) is 14.2 Å². The number of esters is 1. The molecule has 0 N–H and O–H groups in total. The van der Waals surface area contributed by atoms with E-state index < -0.39 is 23.0 Å². The number of non-ortho nitro benzene ring substituents is 1. The monoisotopic (exact) mass is 399 g/mol. The molecule has 0 fully saturated rings. The average Bonchev–Trinajstić information content (AvgIpc) is 3.14. The van der Waals surface area contributed by atoms with Gasteiger partial charge in [-0.15, -0.1) is 5.10 Å². The number of nitro benzene ring substituents is 1. The molecule has 0 aliphatic carbocycles. The summed E-state index contributed by atoms with van der Waals surface area (Å²) in [5.41, 5.74) is 0.743. The summed E-state index contributed by atoms with van der Waals surface area (Å²) in [7, 11) is 1.41. The predicted molar refractivity (Wildman–Crippen MR) is 100 cm³/mol. The lowest BCUT2D eigenvalue weighted by Crippen LogP contribution is -2.25. The van der Waals surface area contributed by atoms with Gasteiger partial charge >= 0.3 is 5.97 Å². The molecule has 29 heavy (non-hydrogen) atoms. The summed E-state index contributed by atoms with van der Waals surface area (Å²) in [6.07, 6.45) is -0.915. The van der Waals surface area contributed by atoms with E-state index in [2.05, 4.69) is 5.10 Å². The molecule has 1 aliphatic heterocycles. The van der Waals surface area contributed by atoms with Gasteiger partial charge in [-0.3, -0.25) is 19.7 Å². The van der Waals surface area contributed by atoms with Gasteiger partial charge in [-0.05, 0) is 24.3 Å². The fourth-order valence-corrected chi connectivity index (χ4v) is 2.73. The molecule has 0 aromatic heterocycles. The minimum Gasteiger partial charge on any atom is -0.493 e. The fourth-order valence-electron chi connectivity index (χ4n) is 2.73. The summed E-state index contributed by atoms with van der Waals surface area (Å²) < 4.78 is 16.2. The van der Waals surface area contributed by atoms with Crippen molar-refractivity contribution in [1.29, 1.82) is 0 Å². The number of methoxy groups -OCH3 is 1. The highest BCUT2D eigenvalue weighted by molar-refractivity contribution is 5.96. The molecule has 150 valence electrons. The Bertz CT molecular complexity index is 1020. The highest BCUT2D eigenvalue weighted by Crippen LogP contribution is 2.36. The normalized spacial score (nSPS) is 15.3. The summed E-state index contributed by atoms with van der Waals surface area (Å²) in [5.74, 6) is -0.338. The fraction of sp³-hybridized carbons (Fsp3) is 0.211. The number of carbonyl (C=O) groups excluding carboxylic acids is 2. The topological polar surface area (TPSA) is 121 Å². The van der Waals surface area contributed by atoms with Crippen LogP contribution in [0.4, 0.5) is 5.69 Å². The second-order valence-electron chi connectivity index (χ2n) is 6.05. The van der Waals surface area contributed by atoms with Gasteiger partial charge in [0.2, 0.25) is 18.0 Å². The van der Waals surface area contributed by atoms with Crippen LogP contribution in [-0.2, 0) is 14.3 Å². The van der Waals surface area contributed by atoms with Gasteiger partial charge in [0.25, 0.3) is 5.69 Å². The van der Waals surface area contributed by atoms with Gasteiger partial charge in [-0.1, -0.05) is 6.07 Å². The highest BCUT2D eigenvalue weighted by atomic mass is 16.6. The number of hydrogen-bond donors (Lipinski definition) is 0. The Balaban J connectivity index is 1.95. The second kappa shape index (κ2) is 7.97. The molecule has 1 atom stereocenters. The third-order valence-electron chi connectivity index (χ3n) is 4.00. The summed E-state index contributed by atoms with van der Waals surface area (Å²) in [5, 5.41) is 16.3. The molecule has 0 bridgehead atoms. The van der Waals surface area contributed by atoms with Crippen molar-refractivity contribution in [2.45, 2.75) is 20.1 Å². The third-order valence-corrected chi connectivity index (χ3v) is 4.00. The molecule has 10 heteroatoms. The first-order valence-corrected chi connectivity index (χ1v) is 8.46. The van der Waals surface area contributed by atoms with E-state index >= 15 is 0 Å². The zero-order valence-corrected chi connectivity index (χ0v) is 15.8. The van der Waals surface area contributed by atoms with Gasteiger partial charge in [0.15, 0.2) is 11.5 Å². The van der Waals surface area contributed by atoms with E-state index in [1.807, 2.05) is 0 Å². The Hall–Kier alpha value is -3.95. The van der Waals surface area contributed by atoms with Crippen LogP contribution in [0.3, 0.4) is 0 Å². The lowest BCUT2D eigenvalue weighted by molar-refractivity contribution is -0.384. The lowest BCUT2D eigenvalue weighted by atomic mass is 10.1. The van der Waals surface area contributed by atoms with Crippen molar-refractivity contribution in [2.24, 2.45) is 5.10 Å². The van der Waals surface area contributed by atoms with Gasteiger partial charge in [-0.25, -0.2) is 0 Å². The van der Waals surface area contributed by atoms with Crippen LogP contribution in [0.25, 0.3) is 0 Å². The SMILES string of the molecule is COc1cc(C2OC(c3cccc([N+](=O)[O-])c3)=NN2C(C)=O)ccc1OC(C)=O. The number of amides is 1. The third kappa shape index (κ3) is 4.15. The summed E-state index contributed by atoms with van der Waals surface area (Å²) in [6.45, 7) is 2.59. The minimum atomic E-state index is -0.915. The van der Waals surface area contributed by atoms with Crippen molar-refractivity contribution in [2.75, 3.05) is 7.11 Å². The van der Waals surface area contributed by atoms with Crippen LogP contribution in [0.2, 0.25) is 0 Å². The van der Waals surface area contributed by atoms with Crippen molar-refractivity contribution in [3.05, 3.63) is 63.7 Å². The second-order valence-corrected chi connectivity index (χ2v) is 6.05.